The van der Waals surface area contributed by atoms with Crippen molar-refractivity contribution in [2.24, 2.45) is 0 Å². The van der Waals surface area contributed by atoms with Crippen LogP contribution in [-0.4, -0.2) is 31.6 Å². The molecule has 198 valence electrons. The maximum absolute atomic E-state index is 14.0. The van der Waals surface area contributed by atoms with Crippen molar-refractivity contribution in [2.45, 2.75) is 31.7 Å². The van der Waals surface area contributed by atoms with Crippen LogP contribution in [0.1, 0.15) is 31.7 Å². The van der Waals surface area contributed by atoms with E-state index in [2.05, 4.69) is 27.4 Å². The van der Waals surface area contributed by atoms with Crippen LogP contribution in [0.3, 0.4) is 0 Å². The summed E-state index contributed by atoms with van der Waals surface area (Å²) in [4.78, 5) is 32.0. The topological polar surface area (TPSA) is 137 Å². The minimum absolute atomic E-state index is 0.0416. The summed E-state index contributed by atoms with van der Waals surface area (Å²) in [5.74, 6) is -0.378. The average Bonchev–Trinajstić information content (AvgIpc) is 3.35. The largest absolute Gasteiger partial charge is 0.454 e. The smallest absolute Gasteiger partial charge is 0.262 e. The number of para-hydroxylation sites is 1. The fourth-order valence-corrected chi connectivity index (χ4v) is 4.55. The Kier molecular flexibility index (Phi) is 7.30. The molecule has 4 aromatic rings. The van der Waals surface area contributed by atoms with Crippen LogP contribution in [-0.2, 0) is 9.59 Å². The van der Waals surface area contributed by atoms with Gasteiger partial charge < -0.3 is 10.5 Å². The van der Waals surface area contributed by atoms with Crippen LogP contribution in [0.5, 0.6) is 11.5 Å². The lowest BCUT2D eigenvalue weighted by atomic mass is 9.90. The monoisotopic (exact) mass is 527 g/mol. The van der Waals surface area contributed by atoms with Crippen LogP contribution >= 0.6 is 0 Å². The first-order chi connectivity index (χ1) is 18.9. The molecule has 2 aromatic carbocycles. The van der Waals surface area contributed by atoms with Gasteiger partial charge in [0, 0.05) is 11.6 Å². The zero-order valence-electron chi connectivity index (χ0n) is 20.9. The molecule has 2 heterocycles. The normalized spacial score (nSPS) is 15.0. The molecule has 0 bridgehead atoms. The highest BCUT2D eigenvalue weighted by molar-refractivity contribution is 5.98. The molecular weight excluding hydrogens is 501 g/mol. The molecule has 1 aliphatic carbocycles. The maximum atomic E-state index is 14.0. The van der Waals surface area contributed by atoms with Gasteiger partial charge in [-0.3, -0.25) is 20.4 Å². The number of benzene rings is 2. The van der Waals surface area contributed by atoms with Gasteiger partial charge in [0.15, 0.2) is 17.2 Å². The molecule has 5 rings (SSSR count). The van der Waals surface area contributed by atoms with Gasteiger partial charge in [-0.05, 0) is 68.2 Å². The summed E-state index contributed by atoms with van der Waals surface area (Å²) in [6.45, 7) is 3.34. The third-order valence-electron chi connectivity index (χ3n) is 6.48. The standard InChI is InChI=1S/C28H26FN7O3/c1-2-23(37)33-34-24(38)15-17-7-11-19(12-8-17)36-28-25(27(30)31-16-32-28)26(35-36)18-9-13-20(14-10-18)39-22-6-4-3-5-21(22)29/h2-6,9-10,13-16,19H,1,7-8,11-12H2,(H,33,37)(H,34,38)(H2,30,31,32). The number of halogens is 1. The fourth-order valence-electron chi connectivity index (χ4n) is 4.55. The molecule has 1 aliphatic rings. The number of carbonyl (C=O) groups excluding carboxylic acids is 2. The van der Waals surface area contributed by atoms with Crippen molar-refractivity contribution in [3.8, 4) is 22.8 Å². The van der Waals surface area contributed by atoms with E-state index in [4.69, 9.17) is 15.6 Å². The third kappa shape index (κ3) is 5.61. The van der Waals surface area contributed by atoms with Crippen molar-refractivity contribution in [1.29, 1.82) is 0 Å². The molecule has 0 saturated heterocycles. The summed E-state index contributed by atoms with van der Waals surface area (Å²) in [5, 5.41) is 5.55. The van der Waals surface area contributed by atoms with Gasteiger partial charge in [-0.2, -0.15) is 5.10 Å². The average molecular weight is 528 g/mol. The zero-order valence-corrected chi connectivity index (χ0v) is 20.9. The van der Waals surface area contributed by atoms with Gasteiger partial charge in [0.25, 0.3) is 11.8 Å². The number of hydrogen-bond acceptors (Lipinski definition) is 7. The summed E-state index contributed by atoms with van der Waals surface area (Å²) < 4.78 is 21.5. The van der Waals surface area contributed by atoms with Gasteiger partial charge in [-0.25, -0.2) is 19.0 Å². The first-order valence-electron chi connectivity index (χ1n) is 12.4. The zero-order chi connectivity index (χ0) is 27.4. The van der Waals surface area contributed by atoms with Gasteiger partial charge in [-0.1, -0.05) is 24.3 Å². The van der Waals surface area contributed by atoms with Crippen LogP contribution in [0, 0.1) is 5.82 Å². The van der Waals surface area contributed by atoms with E-state index in [1.165, 1.54) is 18.5 Å². The second-order valence-electron chi connectivity index (χ2n) is 9.02. The first-order valence-corrected chi connectivity index (χ1v) is 12.4. The van der Waals surface area contributed by atoms with Gasteiger partial charge in [0.2, 0.25) is 0 Å². The van der Waals surface area contributed by atoms with E-state index in [1.807, 2.05) is 16.8 Å². The lowest BCUT2D eigenvalue weighted by Crippen LogP contribution is -2.40. The molecule has 2 aromatic heterocycles. The minimum Gasteiger partial charge on any atom is -0.454 e. The van der Waals surface area contributed by atoms with Crippen molar-refractivity contribution in [2.75, 3.05) is 5.73 Å². The van der Waals surface area contributed by atoms with E-state index in [0.29, 0.717) is 41.1 Å². The van der Waals surface area contributed by atoms with Crippen molar-refractivity contribution >= 4 is 28.7 Å². The molecule has 0 atom stereocenters. The summed E-state index contributed by atoms with van der Waals surface area (Å²) >= 11 is 0. The van der Waals surface area contributed by atoms with E-state index in [0.717, 1.165) is 30.1 Å². The molecule has 1 saturated carbocycles. The Morgan fingerprint density at radius 3 is 2.49 bits per heavy atom. The highest BCUT2D eigenvalue weighted by atomic mass is 19.1. The number of nitrogens with two attached hydrogens (primary N) is 1. The predicted molar refractivity (Wildman–Crippen MR) is 144 cm³/mol. The Balaban J connectivity index is 1.35. The Bertz CT molecular complexity index is 1570. The van der Waals surface area contributed by atoms with Crippen LogP contribution in [0.4, 0.5) is 10.2 Å². The number of carbonyl (C=O) groups is 2. The summed E-state index contributed by atoms with van der Waals surface area (Å²) in [7, 11) is 0. The third-order valence-corrected chi connectivity index (χ3v) is 6.48. The second-order valence-corrected chi connectivity index (χ2v) is 9.02. The van der Waals surface area contributed by atoms with Crippen molar-refractivity contribution in [3.63, 3.8) is 0 Å². The quantitative estimate of drug-likeness (QED) is 0.250. The number of fused-ring (bicyclic) bond motifs is 1. The van der Waals surface area contributed by atoms with E-state index in [1.54, 1.807) is 30.3 Å². The van der Waals surface area contributed by atoms with Crippen molar-refractivity contribution in [1.82, 2.24) is 30.6 Å². The van der Waals surface area contributed by atoms with Crippen molar-refractivity contribution < 1.29 is 18.7 Å². The Hall–Kier alpha value is -5.06. The second kappa shape index (κ2) is 11.1. The fraction of sp³-hybridized carbons (Fsp3) is 0.179. The number of amides is 2. The number of aromatic nitrogens is 4. The van der Waals surface area contributed by atoms with Gasteiger partial charge >= 0.3 is 0 Å². The summed E-state index contributed by atoms with van der Waals surface area (Å²) in [5.41, 5.74) is 13.9. The molecule has 2 amide bonds. The number of nitrogens with one attached hydrogen (secondary N) is 2. The van der Waals surface area contributed by atoms with E-state index >= 15 is 0 Å². The number of allylic oxidation sites excluding steroid dienone is 1. The number of hydrogen-bond donors (Lipinski definition) is 3. The summed E-state index contributed by atoms with van der Waals surface area (Å²) in [6.07, 6.45) is 6.87. The molecule has 10 nitrogen and oxygen atoms in total. The van der Waals surface area contributed by atoms with Crippen LogP contribution in [0.2, 0.25) is 0 Å². The Labute approximate surface area is 223 Å². The molecule has 0 aliphatic heterocycles. The molecule has 0 spiro atoms. The highest BCUT2D eigenvalue weighted by Gasteiger charge is 2.25. The lowest BCUT2D eigenvalue weighted by Gasteiger charge is -2.24. The van der Waals surface area contributed by atoms with Gasteiger partial charge in [0.05, 0.1) is 11.4 Å². The molecular formula is C28H26FN7O3. The number of anilines is 1. The molecule has 39 heavy (non-hydrogen) atoms. The van der Waals surface area contributed by atoms with Crippen LogP contribution in [0.25, 0.3) is 22.3 Å². The minimum atomic E-state index is -0.486. The highest BCUT2D eigenvalue weighted by Crippen LogP contribution is 2.37. The molecule has 11 heteroatoms. The van der Waals surface area contributed by atoms with Crippen molar-refractivity contribution in [3.05, 3.63) is 85.0 Å². The van der Waals surface area contributed by atoms with Crippen LogP contribution < -0.4 is 21.3 Å². The molecule has 4 N–H and O–H groups in total. The number of hydrazine groups is 1. The van der Waals surface area contributed by atoms with Crippen LogP contribution in [0.15, 0.2) is 79.2 Å². The Morgan fingerprint density at radius 1 is 1.05 bits per heavy atom. The molecule has 0 unspecified atom stereocenters. The van der Waals surface area contributed by atoms with Gasteiger partial charge in [-0.15, -0.1) is 0 Å². The first kappa shape index (κ1) is 25.6. The lowest BCUT2D eigenvalue weighted by molar-refractivity contribution is -0.123. The number of nitrogen functional groups attached to an aromatic ring is 1. The number of nitrogens with zero attached hydrogens (tertiary/aromatic N) is 4. The molecule has 1 fully saturated rings. The Morgan fingerprint density at radius 2 is 1.77 bits per heavy atom. The number of ether oxygens (including phenoxy) is 1. The number of rotatable bonds is 6. The maximum Gasteiger partial charge on any atom is 0.262 e. The predicted octanol–water partition coefficient (Wildman–Crippen LogP) is 4.38. The summed E-state index contributed by atoms with van der Waals surface area (Å²) in [6, 6.07) is 13.4. The van der Waals surface area contributed by atoms with Gasteiger partial charge in [0.1, 0.15) is 23.6 Å². The van der Waals surface area contributed by atoms with E-state index in [9.17, 15) is 14.0 Å². The van der Waals surface area contributed by atoms with E-state index < -0.39 is 17.6 Å². The van der Waals surface area contributed by atoms with E-state index in [-0.39, 0.29) is 11.8 Å². The molecule has 0 radical (unpaired) electrons. The SMILES string of the molecule is C=CC(=O)NNC(=O)C=C1CCC(n2nc(-c3ccc(Oc4ccccc4F)cc3)c3c(N)ncnc32)CC1.